The van der Waals surface area contributed by atoms with Gasteiger partial charge in [-0.1, -0.05) is 36.8 Å². The van der Waals surface area contributed by atoms with Gasteiger partial charge >= 0.3 is 0 Å². The number of nitrogens with zero attached hydrogens (tertiary/aromatic N) is 5. The van der Waals surface area contributed by atoms with Crippen molar-refractivity contribution in [3.8, 4) is 11.1 Å². The maximum Gasteiger partial charge on any atom is 0.227 e. The molecule has 7 nitrogen and oxygen atoms in total. The number of nitrogens with one attached hydrogen (secondary N) is 1. The summed E-state index contributed by atoms with van der Waals surface area (Å²) >= 11 is 0. The highest BCUT2D eigenvalue weighted by Gasteiger charge is 2.29. The van der Waals surface area contributed by atoms with Crippen LogP contribution in [-0.4, -0.2) is 48.9 Å². The zero-order chi connectivity index (χ0) is 19.5. The van der Waals surface area contributed by atoms with Crippen LogP contribution in [-0.2, 0) is 11.3 Å². The molecule has 1 aliphatic rings. The number of likely N-dealkylation sites (tertiary alicyclic amines) is 1. The predicted molar refractivity (Wildman–Crippen MR) is 107 cm³/mol. The molecule has 7 heteroatoms. The fourth-order valence-electron chi connectivity index (χ4n) is 4.04. The summed E-state index contributed by atoms with van der Waals surface area (Å²) in [5.41, 5.74) is 4.80. The average molecular weight is 378 g/mol. The van der Waals surface area contributed by atoms with Crippen LogP contribution in [0.1, 0.15) is 36.9 Å². The number of carbonyl (C=O) groups is 1. The molecule has 1 N–H and O–H groups in total. The Hall–Kier alpha value is -2.96. The first-order valence-electron chi connectivity index (χ1n) is 9.83. The second-order valence-corrected chi connectivity index (χ2v) is 7.68. The van der Waals surface area contributed by atoms with Gasteiger partial charge in [0.2, 0.25) is 5.91 Å². The molecule has 146 valence electrons. The first-order chi connectivity index (χ1) is 13.6. The van der Waals surface area contributed by atoms with Gasteiger partial charge in [-0.05, 0) is 25.3 Å². The first-order valence-corrected chi connectivity index (χ1v) is 9.83. The number of hydrogen-bond acceptors (Lipinski definition) is 4. The summed E-state index contributed by atoms with van der Waals surface area (Å²) in [6, 6.07) is 8.51. The van der Waals surface area contributed by atoms with Gasteiger partial charge in [-0.3, -0.25) is 14.6 Å². The number of aryl methyl sites for hydroxylation is 1. The molecule has 0 spiro atoms. The fraction of sp³-hybridized carbons (Fsp3) is 0.429. The maximum atomic E-state index is 12.8. The molecule has 2 aromatic heterocycles. The molecular formula is C21H26N6O. The first kappa shape index (κ1) is 18.4. The molecule has 1 amide bonds. The number of aromatic amines is 1. The number of piperidine rings is 1. The number of hydrogen-bond donors (Lipinski definition) is 1. The van der Waals surface area contributed by atoms with Gasteiger partial charge < -0.3 is 4.90 Å². The van der Waals surface area contributed by atoms with Gasteiger partial charge in [0.25, 0.3) is 0 Å². The standard InChI is InChI=1S/C21H26N6O/c1-15-4-3-5-18(10-15)19-11-23-25-20(19)17-6-8-26(9-7-17)21(28)16(2)12-27-14-22-13-24-27/h3-5,10-11,13-14,16-17H,6-9,12H2,1-2H3,(H,23,25). The summed E-state index contributed by atoms with van der Waals surface area (Å²) in [7, 11) is 0. The van der Waals surface area contributed by atoms with E-state index in [0.717, 1.165) is 25.9 Å². The van der Waals surface area contributed by atoms with Gasteiger partial charge in [0, 0.05) is 30.3 Å². The Morgan fingerprint density at radius 2 is 2.14 bits per heavy atom. The van der Waals surface area contributed by atoms with E-state index in [1.807, 2.05) is 18.0 Å². The largest absolute Gasteiger partial charge is 0.342 e. The minimum Gasteiger partial charge on any atom is -0.342 e. The van der Waals surface area contributed by atoms with Crippen LogP contribution < -0.4 is 0 Å². The Morgan fingerprint density at radius 3 is 2.86 bits per heavy atom. The highest BCUT2D eigenvalue weighted by Crippen LogP contribution is 2.34. The Morgan fingerprint density at radius 1 is 1.32 bits per heavy atom. The zero-order valence-electron chi connectivity index (χ0n) is 16.4. The molecule has 28 heavy (non-hydrogen) atoms. The number of H-pyrrole nitrogens is 1. The van der Waals surface area contributed by atoms with E-state index in [4.69, 9.17) is 0 Å². The molecule has 1 atom stereocenters. The number of aromatic nitrogens is 5. The molecule has 4 rings (SSSR count). The Kier molecular flexibility index (Phi) is 5.23. The quantitative estimate of drug-likeness (QED) is 0.740. The van der Waals surface area contributed by atoms with Crippen molar-refractivity contribution in [2.45, 2.75) is 39.2 Å². The van der Waals surface area contributed by atoms with Crippen molar-refractivity contribution < 1.29 is 4.79 Å². The van der Waals surface area contributed by atoms with Crippen LogP contribution in [0.4, 0.5) is 0 Å². The van der Waals surface area contributed by atoms with E-state index >= 15 is 0 Å². The number of benzene rings is 1. The van der Waals surface area contributed by atoms with Crippen LogP contribution in [0.2, 0.25) is 0 Å². The number of amides is 1. The predicted octanol–water partition coefficient (Wildman–Crippen LogP) is 3.02. The van der Waals surface area contributed by atoms with Crippen LogP contribution in [0.3, 0.4) is 0 Å². The van der Waals surface area contributed by atoms with Crippen molar-refractivity contribution >= 4 is 5.91 Å². The van der Waals surface area contributed by atoms with E-state index in [9.17, 15) is 4.79 Å². The number of rotatable bonds is 5. The lowest BCUT2D eigenvalue weighted by atomic mass is 9.89. The molecule has 1 saturated heterocycles. The van der Waals surface area contributed by atoms with Crippen molar-refractivity contribution in [3.63, 3.8) is 0 Å². The van der Waals surface area contributed by atoms with E-state index in [0.29, 0.717) is 12.5 Å². The fourth-order valence-corrected chi connectivity index (χ4v) is 4.04. The maximum absolute atomic E-state index is 12.8. The summed E-state index contributed by atoms with van der Waals surface area (Å²) < 4.78 is 1.72. The Labute approximate surface area is 164 Å². The second-order valence-electron chi connectivity index (χ2n) is 7.68. The molecule has 0 aliphatic carbocycles. The molecule has 1 fully saturated rings. The highest BCUT2D eigenvalue weighted by atomic mass is 16.2. The number of carbonyl (C=O) groups excluding carboxylic acids is 1. The summed E-state index contributed by atoms with van der Waals surface area (Å²) in [4.78, 5) is 18.7. The molecule has 1 aromatic carbocycles. The van der Waals surface area contributed by atoms with E-state index in [-0.39, 0.29) is 11.8 Å². The minimum absolute atomic E-state index is 0.103. The van der Waals surface area contributed by atoms with E-state index in [2.05, 4.69) is 51.5 Å². The molecule has 0 radical (unpaired) electrons. The molecular weight excluding hydrogens is 352 g/mol. The van der Waals surface area contributed by atoms with Gasteiger partial charge in [0.15, 0.2) is 0 Å². The van der Waals surface area contributed by atoms with Gasteiger partial charge in [-0.25, -0.2) is 4.98 Å². The SMILES string of the molecule is Cc1cccc(-c2cn[nH]c2C2CCN(C(=O)C(C)Cn3cncn3)CC2)c1. The monoisotopic (exact) mass is 378 g/mol. The Balaban J connectivity index is 1.40. The molecule has 0 saturated carbocycles. The van der Waals surface area contributed by atoms with E-state index in [1.165, 1.54) is 28.7 Å². The average Bonchev–Trinajstić information content (AvgIpc) is 3.39. The smallest absolute Gasteiger partial charge is 0.227 e. The summed E-state index contributed by atoms with van der Waals surface area (Å²) in [6.45, 7) is 6.18. The topological polar surface area (TPSA) is 79.7 Å². The summed E-state index contributed by atoms with van der Waals surface area (Å²) in [6.07, 6.45) is 6.97. The van der Waals surface area contributed by atoms with Crippen LogP contribution in [0.25, 0.3) is 11.1 Å². The van der Waals surface area contributed by atoms with E-state index in [1.54, 1.807) is 11.0 Å². The lowest BCUT2D eigenvalue weighted by Gasteiger charge is -2.33. The van der Waals surface area contributed by atoms with Gasteiger partial charge in [-0.15, -0.1) is 0 Å². The van der Waals surface area contributed by atoms with Crippen LogP contribution in [0, 0.1) is 12.8 Å². The highest BCUT2D eigenvalue weighted by molar-refractivity contribution is 5.78. The molecule has 3 heterocycles. The third kappa shape index (κ3) is 3.83. The van der Waals surface area contributed by atoms with E-state index < -0.39 is 0 Å². The van der Waals surface area contributed by atoms with Crippen molar-refractivity contribution in [2.24, 2.45) is 5.92 Å². The van der Waals surface area contributed by atoms with Gasteiger partial charge in [0.1, 0.15) is 12.7 Å². The molecule has 1 unspecified atom stereocenters. The van der Waals surface area contributed by atoms with Gasteiger partial charge in [0.05, 0.1) is 18.7 Å². The van der Waals surface area contributed by atoms with Crippen molar-refractivity contribution in [1.82, 2.24) is 29.9 Å². The minimum atomic E-state index is -0.103. The summed E-state index contributed by atoms with van der Waals surface area (Å²) in [5, 5.41) is 11.6. The second kappa shape index (κ2) is 7.96. The molecule has 0 bridgehead atoms. The molecule has 3 aromatic rings. The van der Waals surface area contributed by atoms with Crippen LogP contribution in [0.15, 0.2) is 43.1 Å². The third-order valence-corrected chi connectivity index (χ3v) is 5.56. The normalized spacial score (nSPS) is 16.3. The van der Waals surface area contributed by atoms with Crippen molar-refractivity contribution in [1.29, 1.82) is 0 Å². The Bertz CT molecular complexity index is 924. The lowest BCUT2D eigenvalue weighted by molar-refractivity contribution is -0.136. The van der Waals surface area contributed by atoms with Crippen molar-refractivity contribution in [3.05, 3.63) is 54.4 Å². The van der Waals surface area contributed by atoms with Gasteiger partial charge in [-0.2, -0.15) is 10.2 Å². The third-order valence-electron chi connectivity index (χ3n) is 5.56. The zero-order valence-corrected chi connectivity index (χ0v) is 16.4. The summed E-state index contributed by atoms with van der Waals surface area (Å²) in [5.74, 6) is 0.485. The van der Waals surface area contributed by atoms with Crippen LogP contribution >= 0.6 is 0 Å². The molecule has 1 aliphatic heterocycles. The van der Waals surface area contributed by atoms with Crippen molar-refractivity contribution in [2.75, 3.05) is 13.1 Å². The lowest BCUT2D eigenvalue weighted by Crippen LogP contribution is -2.41. The van der Waals surface area contributed by atoms with Crippen LogP contribution in [0.5, 0.6) is 0 Å².